The molecule has 5 saturated heterocycles. The van der Waals surface area contributed by atoms with E-state index in [9.17, 15) is 81.4 Å². The van der Waals surface area contributed by atoms with Crippen molar-refractivity contribution >= 4 is 5.91 Å². The van der Waals surface area contributed by atoms with Crippen LogP contribution in [-0.2, 0) is 47.4 Å². The fourth-order valence-electron chi connectivity index (χ4n) is 7.63. The number of ether oxygens (including phenoxy) is 9. The van der Waals surface area contributed by atoms with Gasteiger partial charge in [-0.25, -0.2) is 0 Å². The highest BCUT2D eigenvalue weighted by molar-refractivity contribution is 5.73. The highest BCUT2D eigenvalue weighted by Gasteiger charge is 2.57. The average molecular weight is 868 g/mol. The van der Waals surface area contributed by atoms with Crippen LogP contribution in [0.5, 0.6) is 0 Å². The van der Waals surface area contributed by atoms with Crippen molar-refractivity contribution in [2.75, 3.05) is 33.0 Å². The first-order valence-electron chi connectivity index (χ1n) is 18.9. The van der Waals surface area contributed by atoms with Gasteiger partial charge >= 0.3 is 0 Å². The van der Waals surface area contributed by atoms with Gasteiger partial charge in [-0.15, -0.1) is 0 Å². The third kappa shape index (κ3) is 10.2. The monoisotopic (exact) mass is 867 g/mol. The second-order valence-electron chi connectivity index (χ2n) is 15.0. The van der Waals surface area contributed by atoms with Crippen LogP contribution in [0.25, 0.3) is 0 Å². The second kappa shape index (κ2) is 20.8. The van der Waals surface area contributed by atoms with Crippen LogP contribution in [0.4, 0.5) is 0 Å². The molecule has 0 bridgehead atoms. The van der Waals surface area contributed by atoms with E-state index in [1.807, 2.05) is 0 Å². The lowest BCUT2D eigenvalue weighted by Gasteiger charge is -2.50. The Morgan fingerprint density at radius 1 is 0.424 bits per heavy atom. The smallest absolute Gasteiger partial charge is 0.217 e. The number of carbonyl (C=O) groups is 1. The van der Waals surface area contributed by atoms with Gasteiger partial charge in [-0.1, -0.05) is 0 Å². The number of amides is 1. The topological polar surface area (TPSA) is 416 Å². The molecule has 0 aliphatic carbocycles. The van der Waals surface area contributed by atoms with E-state index in [0.29, 0.717) is 0 Å². The van der Waals surface area contributed by atoms with Crippen LogP contribution >= 0.6 is 0 Å². The Labute approximate surface area is 335 Å². The fraction of sp³-hybridized carbons (Fsp3) is 0.970. The normalized spacial score (nSPS) is 51.0. The fourth-order valence-corrected chi connectivity index (χ4v) is 7.63. The molecule has 26 heteroatoms. The minimum atomic E-state index is -2.13. The van der Waals surface area contributed by atoms with Gasteiger partial charge in [0.25, 0.3) is 0 Å². The van der Waals surface area contributed by atoms with E-state index in [-0.39, 0.29) is 0 Å². The van der Waals surface area contributed by atoms with E-state index in [2.05, 4.69) is 5.32 Å². The lowest BCUT2D eigenvalue weighted by atomic mass is 9.94. The molecule has 0 aromatic carbocycles. The quantitative estimate of drug-likeness (QED) is 0.0770. The Morgan fingerprint density at radius 3 is 1.31 bits per heavy atom. The maximum atomic E-state index is 12.4. The largest absolute Gasteiger partial charge is 0.394 e. The van der Waals surface area contributed by atoms with Gasteiger partial charge in [0.15, 0.2) is 25.2 Å². The number of aliphatic hydroxyl groups excluding tert-OH is 15. The van der Waals surface area contributed by atoms with E-state index in [1.165, 1.54) is 6.92 Å². The third-order valence-corrected chi connectivity index (χ3v) is 11.0. The second-order valence-corrected chi connectivity index (χ2v) is 15.0. The van der Waals surface area contributed by atoms with Gasteiger partial charge in [0.2, 0.25) is 5.91 Å². The molecule has 0 aromatic rings. The summed E-state index contributed by atoms with van der Waals surface area (Å²) in [6.45, 7) is -1.90. The number of carbonyl (C=O) groups excluding carboxylic acids is 1. The Hall–Kier alpha value is -1.49. The van der Waals surface area contributed by atoms with E-state index in [1.54, 1.807) is 0 Å². The third-order valence-electron chi connectivity index (χ3n) is 11.0. The summed E-state index contributed by atoms with van der Waals surface area (Å²) < 4.78 is 50.9. The molecule has 16 N–H and O–H groups in total. The van der Waals surface area contributed by atoms with Crippen LogP contribution in [0.15, 0.2) is 0 Å². The zero-order chi connectivity index (χ0) is 43.6. The predicted molar refractivity (Wildman–Crippen MR) is 182 cm³/mol. The molecule has 1 amide bonds. The van der Waals surface area contributed by atoms with Crippen molar-refractivity contribution in [1.29, 1.82) is 0 Å². The number of nitrogens with one attached hydrogen (secondary N) is 1. The molecule has 0 aromatic heterocycles. The van der Waals surface area contributed by atoms with Gasteiger partial charge in [0.1, 0.15) is 122 Å². The summed E-state index contributed by atoms with van der Waals surface area (Å²) in [4.78, 5) is 12.4. The Kier molecular flexibility index (Phi) is 17.1. The molecular weight excluding hydrogens is 810 g/mol. The molecule has 59 heavy (non-hydrogen) atoms. The minimum Gasteiger partial charge on any atom is -0.394 e. The summed E-state index contributed by atoms with van der Waals surface area (Å²) >= 11 is 0. The molecule has 344 valence electrons. The lowest BCUT2D eigenvalue weighted by molar-refractivity contribution is -0.386. The maximum absolute atomic E-state index is 12.4. The van der Waals surface area contributed by atoms with Crippen molar-refractivity contribution in [2.24, 2.45) is 0 Å². The minimum absolute atomic E-state index is 0.692. The molecule has 0 radical (unpaired) electrons. The molecule has 0 saturated carbocycles. The van der Waals surface area contributed by atoms with Crippen LogP contribution in [0.3, 0.4) is 0 Å². The summed E-state index contributed by atoms with van der Waals surface area (Å²) in [7, 11) is 0. The molecule has 5 aliphatic rings. The van der Waals surface area contributed by atoms with Crippen LogP contribution in [0.1, 0.15) is 13.8 Å². The van der Waals surface area contributed by atoms with Crippen LogP contribution in [0, 0.1) is 0 Å². The first-order chi connectivity index (χ1) is 27.9. The summed E-state index contributed by atoms with van der Waals surface area (Å²) in [5, 5.41) is 160. The summed E-state index contributed by atoms with van der Waals surface area (Å²) in [5.41, 5.74) is 0. The SMILES string of the molecule is CC(=O)NC1C(OC2C(O)C(CO)OC(OC3C(CO)OC(OC4C(CO)OC(C)C(O)C4O)C(O)C3O)C2O)OC(CO)C(O)C1OC1OC(CO)C(O)C(O)C1O. The van der Waals surface area contributed by atoms with Crippen molar-refractivity contribution in [3.05, 3.63) is 0 Å². The summed E-state index contributed by atoms with van der Waals surface area (Å²) in [6, 6.07) is -1.66. The summed E-state index contributed by atoms with van der Waals surface area (Å²) in [6.07, 6.45) is -41.8. The highest BCUT2D eigenvalue weighted by atomic mass is 16.8. The molecule has 25 unspecified atom stereocenters. The molecule has 5 fully saturated rings. The van der Waals surface area contributed by atoms with Gasteiger partial charge < -0.3 is 125 Å². The number of hydrogen-bond donors (Lipinski definition) is 16. The standard InChI is InChI=1S/C33H57NO25/c1-8-16(41)21(46)26(13(6-38)51-8)56-32-24(49)22(47)27(14(7-39)55-32)57-33-25(50)29(19(44)12(5-37)54-33)59-30-15(34-9(2)40)28(18(43)11(4-36)52-30)58-31-23(48)20(45)17(42)10(3-35)53-31/h8,10-33,35-39,41-50H,3-7H2,1-2H3,(H,34,40). The van der Waals surface area contributed by atoms with E-state index < -0.39 is 192 Å². The number of hydrogen-bond acceptors (Lipinski definition) is 25. The molecule has 26 nitrogen and oxygen atoms in total. The number of rotatable bonds is 14. The predicted octanol–water partition coefficient (Wildman–Crippen LogP) is -10.7. The van der Waals surface area contributed by atoms with Gasteiger partial charge in [-0.3, -0.25) is 4.79 Å². The van der Waals surface area contributed by atoms with Gasteiger partial charge in [-0.2, -0.15) is 0 Å². The van der Waals surface area contributed by atoms with E-state index in [0.717, 1.165) is 6.92 Å². The molecule has 5 heterocycles. The van der Waals surface area contributed by atoms with E-state index >= 15 is 0 Å². The first-order valence-corrected chi connectivity index (χ1v) is 18.9. The van der Waals surface area contributed by atoms with Crippen molar-refractivity contribution in [1.82, 2.24) is 5.32 Å². The Morgan fingerprint density at radius 2 is 0.797 bits per heavy atom. The summed E-state index contributed by atoms with van der Waals surface area (Å²) in [5.74, 6) is -0.794. The molecule has 5 aliphatic heterocycles. The van der Waals surface area contributed by atoms with Gasteiger partial charge in [-0.05, 0) is 6.92 Å². The molecular formula is C33H57NO25. The Bertz CT molecular complexity index is 1320. The van der Waals surface area contributed by atoms with Crippen molar-refractivity contribution in [2.45, 2.75) is 167 Å². The lowest BCUT2D eigenvalue weighted by Crippen LogP contribution is -2.70. The van der Waals surface area contributed by atoms with Crippen molar-refractivity contribution in [3.8, 4) is 0 Å². The highest BCUT2D eigenvalue weighted by Crippen LogP contribution is 2.36. The Balaban J connectivity index is 1.35. The van der Waals surface area contributed by atoms with Crippen LogP contribution in [0.2, 0.25) is 0 Å². The van der Waals surface area contributed by atoms with Gasteiger partial charge in [0.05, 0.1) is 39.1 Å². The molecule has 25 atom stereocenters. The zero-order valence-electron chi connectivity index (χ0n) is 31.8. The van der Waals surface area contributed by atoms with Gasteiger partial charge in [0, 0.05) is 6.92 Å². The molecule has 5 rings (SSSR count). The molecule has 0 spiro atoms. The van der Waals surface area contributed by atoms with Crippen molar-refractivity contribution < 1.29 is 124 Å². The van der Waals surface area contributed by atoms with Crippen molar-refractivity contribution in [3.63, 3.8) is 0 Å². The average Bonchev–Trinajstić information content (AvgIpc) is 3.21. The van der Waals surface area contributed by atoms with Crippen LogP contribution in [-0.4, -0.2) is 269 Å². The number of aliphatic hydroxyl groups is 15. The van der Waals surface area contributed by atoms with Crippen LogP contribution < -0.4 is 5.32 Å². The first kappa shape index (κ1) is 48.5. The zero-order valence-corrected chi connectivity index (χ0v) is 31.8. The maximum Gasteiger partial charge on any atom is 0.217 e. The van der Waals surface area contributed by atoms with E-state index in [4.69, 9.17) is 42.6 Å².